The van der Waals surface area contributed by atoms with Crippen LogP contribution in [-0.2, 0) is 0 Å². The van der Waals surface area contributed by atoms with Gasteiger partial charge in [0, 0.05) is 24.0 Å². The minimum atomic E-state index is 0. The summed E-state index contributed by atoms with van der Waals surface area (Å²) < 4.78 is 0. The van der Waals surface area contributed by atoms with E-state index in [9.17, 15) is 4.79 Å². The van der Waals surface area contributed by atoms with Crippen LogP contribution in [0.3, 0.4) is 0 Å². The second kappa shape index (κ2) is 6.55. The summed E-state index contributed by atoms with van der Waals surface area (Å²) in [5, 5.41) is 0. The highest BCUT2D eigenvalue weighted by molar-refractivity contribution is 7.13. The molecule has 18 heavy (non-hydrogen) atoms. The number of piperidine rings is 1. The van der Waals surface area contributed by atoms with E-state index in [0.29, 0.717) is 12.5 Å². The third-order valence-corrected chi connectivity index (χ3v) is 4.56. The standard InChI is InChI=1S/C13H20N2OS.ClH/c1-9-4-3-7-15(11(9)8-14)13(16)12-6-5-10(2)17-12;/h5-6,9,11H,3-4,7-8,14H2,1-2H3;1H. The predicted molar refractivity (Wildman–Crippen MR) is 78.6 cm³/mol. The van der Waals surface area contributed by atoms with Gasteiger partial charge in [-0.05, 0) is 37.8 Å². The molecule has 0 aromatic carbocycles. The molecule has 0 bridgehead atoms. The first-order valence-corrected chi connectivity index (χ1v) is 7.02. The van der Waals surface area contributed by atoms with Crippen molar-refractivity contribution in [2.75, 3.05) is 13.1 Å². The summed E-state index contributed by atoms with van der Waals surface area (Å²) in [5.74, 6) is 0.670. The first-order chi connectivity index (χ1) is 8.13. The fraction of sp³-hybridized carbons (Fsp3) is 0.615. The molecule has 2 atom stereocenters. The molecule has 3 nitrogen and oxygen atoms in total. The molecule has 1 aliphatic heterocycles. The Morgan fingerprint density at radius 2 is 2.28 bits per heavy atom. The predicted octanol–water partition coefficient (Wildman–Crippen LogP) is 2.68. The largest absolute Gasteiger partial charge is 0.333 e. The first kappa shape index (κ1) is 15.5. The Labute approximate surface area is 119 Å². The van der Waals surface area contributed by atoms with Crippen LogP contribution >= 0.6 is 23.7 Å². The number of likely N-dealkylation sites (tertiary alicyclic amines) is 1. The van der Waals surface area contributed by atoms with Gasteiger partial charge in [0.1, 0.15) is 0 Å². The molecule has 5 heteroatoms. The van der Waals surface area contributed by atoms with Crippen LogP contribution in [0.25, 0.3) is 0 Å². The molecule has 1 aromatic rings. The van der Waals surface area contributed by atoms with Crippen molar-refractivity contribution in [3.63, 3.8) is 0 Å². The van der Waals surface area contributed by atoms with Crippen molar-refractivity contribution >= 4 is 29.7 Å². The van der Waals surface area contributed by atoms with Gasteiger partial charge >= 0.3 is 0 Å². The van der Waals surface area contributed by atoms with Gasteiger partial charge < -0.3 is 10.6 Å². The van der Waals surface area contributed by atoms with E-state index in [2.05, 4.69) is 6.92 Å². The lowest BCUT2D eigenvalue weighted by molar-refractivity contribution is 0.0537. The van der Waals surface area contributed by atoms with Crippen LogP contribution in [0.1, 0.15) is 34.3 Å². The summed E-state index contributed by atoms with van der Waals surface area (Å²) in [6.07, 6.45) is 2.27. The fourth-order valence-electron chi connectivity index (χ4n) is 2.55. The minimum absolute atomic E-state index is 0. The van der Waals surface area contributed by atoms with E-state index < -0.39 is 0 Å². The molecular formula is C13H21ClN2OS. The molecule has 1 fully saturated rings. The minimum Gasteiger partial charge on any atom is -0.333 e. The second-order valence-electron chi connectivity index (χ2n) is 4.83. The number of thiophene rings is 1. The van der Waals surface area contributed by atoms with E-state index in [0.717, 1.165) is 17.8 Å². The average Bonchev–Trinajstić information content (AvgIpc) is 2.74. The van der Waals surface area contributed by atoms with Crippen LogP contribution in [0.5, 0.6) is 0 Å². The molecular weight excluding hydrogens is 268 g/mol. The maximum absolute atomic E-state index is 12.4. The Kier molecular flexibility index (Phi) is 5.63. The summed E-state index contributed by atoms with van der Waals surface area (Å²) in [6, 6.07) is 4.14. The fourth-order valence-corrected chi connectivity index (χ4v) is 3.38. The number of aryl methyl sites for hydroxylation is 1. The summed E-state index contributed by atoms with van der Waals surface area (Å²) in [5.41, 5.74) is 5.81. The van der Waals surface area contributed by atoms with Crippen molar-refractivity contribution in [3.8, 4) is 0 Å². The smallest absolute Gasteiger partial charge is 0.264 e. The highest BCUT2D eigenvalue weighted by atomic mass is 35.5. The van der Waals surface area contributed by atoms with Crippen molar-refractivity contribution in [2.24, 2.45) is 11.7 Å². The van der Waals surface area contributed by atoms with Crippen molar-refractivity contribution in [1.29, 1.82) is 0 Å². The molecule has 1 saturated heterocycles. The normalized spacial score (nSPS) is 23.6. The number of amides is 1. The van der Waals surface area contributed by atoms with Crippen molar-refractivity contribution in [3.05, 3.63) is 21.9 Å². The molecule has 2 heterocycles. The van der Waals surface area contributed by atoms with Gasteiger partial charge in [-0.15, -0.1) is 23.7 Å². The highest BCUT2D eigenvalue weighted by Crippen LogP contribution is 2.26. The summed E-state index contributed by atoms with van der Waals surface area (Å²) in [4.78, 5) is 16.4. The number of nitrogens with zero attached hydrogens (tertiary/aromatic N) is 1. The number of halogens is 1. The Balaban J connectivity index is 0.00000162. The number of hydrogen-bond acceptors (Lipinski definition) is 3. The topological polar surface area (TPSA) is 46.3 Å². The Morgan fingerprint density at radius 1 is 1.56 bits per heavy atom. The van der Waals surface area contributed by atoms with E-state index in [1.165, 1.54) is 11.3 Å². The number of nitrogens with two attached hydrogens (primary N) is 1. The summed E-state index contributed by atoms with van der Waals surface area (Å²) in [6.45, 7) is 5.64. The van der Waals surface area contributed by atoms with E-state index in [1.807, 2.05) is 24.0 Å². The van der Waals surface area contributed by atoms with Crippen LogP contribution < -0.4 is 5.73 Å². The van der Waals surface area contributed by atoms with E-state index in [-0.39, 0.29) is 24.4 Å². The van der Waals surface area contributed by atoms with Crippen LogP contribution in [-0.4, -0.2) is 29.9 Å². The van der Waals surface area contributed by atoms with Crippen LogP contribution in [0.4, 0.5) is 0 Å². The summed E-state index contributed by atoms with van der Waals surface area (Å²) >= 11 is 1.57. The molecule has 2 unspecified atom stereocenters. The van der Waals surface area contributed by atoms with E-state index in [1.54, 1.807) is 11.3 Å². The average molecular weight is 289 g/mol. The molecule has 0 spiro atoms. The molecule has 102 valence electrons. The lowest BCUT2D eigenvalue weighted by Gasteiger charge is -2.39. The van der Waals surface area contributed by atoms with Crippen LogP contribution in [0.2, 0.25) is 0 Å². The van der Waals surface area contributed by atoms with Gasteiger partial charge in [-0.1, -0.05) is 6.92 Å². The number of carbonyl (C=O) groups is 1. The van der Waals surface area contributed by atoms with Gasteiger partial charge in [0.15, 0.2) is 0 Å². The van der Waals surface area contributed by atoms with Crippen molar-refractivity contribution in [2.45, 2.75) is 32.7 Å². The van der Waals surface area contributed by atoms with Gasteiger partial charge in [-0.25, -0.2) is 0 Å². The number of hydrogen-bond donors (Lipinski definition) is 1. The molecule has 2 N–H and O–H groups in total. The molecule has 2 rings (SSSR count). The van der Waals surface area contributed by atoms with Gasteiger partial charge in [-0.2, -0.15) is 0 Å². The second-order valence-corrected chi connectivity index (χ2v) is 6.12. The number of carbonyl (C=O) groups excluding carboxylic acids is 1. The zero-order chi connectivity index (χ0) is 12.4. The molecule has 0 aliphatic carbocycles. The van der Waals surface area contributed by atoms with Crippen molar-refractivity contribution in [1.82, 2.24) is 4.90 Å². The highest BCUT2D eigenvalue weighted by Gasteiger charge is 2.31. The zero-order valence-corrected chi connectivity index (χ0v) is 12.5. The maximum Gasteiger partial charge on any atom is 0.264 e. The van der Waals surface area contributed by atoms with Crippen LogP contribution in [0, 0.1) is 12.8 Å². The zero-order valence-electron chi connectivity index (χ0n) is 10.9. The molecule has 0 radical (unpaired) electrons. The molecule has 1 amide bonds. The third-order valence-electron chi connectivity index (χ3n) is 3.57. The van der Waals surface area contributed by atoms with Gasteiger partial charge in [-0.3, -0.25) is 4.79 Å². The molecule has 1 aromatic heterocycles. The van der Waals surface area contributed by atoms with E-state index in [4.69, 9.17) is 5.73 Å². The van der Waals surface area contributed by atoms with E-state index >= 15 is 0 Å². The molecule has 1 aliphatic rings. The van der Waals surface area contributed by atoms with Crippen LogP contribution in [0.15, 0.2) is 12.1 Å². The monoisotopic (exact) mass is 288 g/mol. The SMILES string of the molecule is Cc1ccc(C(=O)N2CCCC(C)C2CN)s1.Cl. The Hall–Kier alpha value is -0.580. The lowest BCUT2D eigenvalue weighted by Crippen LogP contribution is -2.51. The van der Waals surface area contributed by atoms with Gasteiger partial charge in [0.2, 0.25) is 0 Å². The van der Waals surface area contributed by atoms with Crippen molar-refractivity contribution < 1.29 is 4.79 Å². The quantitative estimate of drug-likeness (QED) is 0.909. The lowest BCUT2D eigenvalue weighted by atomic mass is 9.90. The maximum atomic E-state index is 12.4. The molecule has 0 saturated carbocycles. The number of rotatable bonds is 2. The Morgan fingerprint density at radius 3 is 2.83 bits per heavy atom. The van der Waals surface area contributed by atoms with Gasteiger partial charge in [0.25, 0.3) is 5.91 Å². The van der Waals surface area contributed by atoms with Gasteiger partial charge in [0.05, 0.1) is 4.88 Å². The Bertz CT molecular complexity index is 407. The summed E-state index contributed by atoms with van der Waals surface area (Å²) in [7, 11) is 0. The third kappa shape index (κ3) is 3.05. The first-order valence-electron chi connectivity index (χ1n) is 6.21.